The fourth-order valence-electron chi connectivity index (χ4n) is 1.92. The van der Waals surface area contributed by atoms with Gasteiger partial charge < -0.3 is 10.4 Å². The number of aliphatic hydroxyl groups is 1. The molecule has 1 fully saturated rings. The SMILES string of the molecule is Cc1ccc(Br)cc1NC1CS(=O)(=O)CC1O. The highest BCUT2D eigenvalue weighted by molar-refractivity contribution is 9.10. The van der Waals surface area contributed by atoms with Crippen LogP contribution in [0.1, 0.15) is 5.56 Å². The Morgan fingerprint density at radius 3 is 2.71 bits per heavy atom. The van der Waals surface area contributed by atoms with E-state index in [1.807, 2.05) is 25.1 Å². The van der Waals surface area contributed by atoms with Gasteiger partial charge in [-0.1, -0.05) is 22.0 Å². The van der Waals surface area contributed by atoms with E-state index >= 15 is 0 Å². The Kier molecular flexibility index (Phi) is 3.47. The number of rotatable bonds is 2. The maximum atomic E-state index is 11.4. The third kappa shape index (κ3) is 3.00. The third-order valence-corrected chi connectivity index (χ3v) is 5.07. The Morgan fingerprint density at radius 1 is 1.41 bits per heavy atom. The number of hydrogen-bond donors (Lipinski definition) is 2. The van der Waals surface area contributed by atoms with Gasteiger partial charge in [-0.25, -0.2) is 8.42 Å². The van der Waals surface area contributed by atoms with Crippen LogP contribution in [0.4, 0.5) is 5.69 Å². The molecule has 1 aliphatic heterocycles. The summed E-state index contributed by atoms with van der Waals surface area (Å²) in [4.78, 5) is 0. The van der Waals surface area contributed by atoms with Crippen molar-refractivity contribution in [3.63, 3.8) is 0 Å². The average Bonchev–Trinajstić information content (AvgIpc) is 2.46. The molecule has 0 aliphatic carbocycles. The van der Waals surface area contributed by atoms with E-state index in [1.54, 1.807) is 0 Å². The highest BCUT2D eigenvalue weighted by Crippen LogP contribution is 2.24. The summed E-state index contributed by atoms with van der Waals surface area (Å²) in [5.41, 5.74) is 1.87. The van der Waals surface area contributed by atoms with Gasteiger partial charge in [0, 0.05) is 10.2 Å². The van der Waals surface area contributed by atoms with E-state index in [4.69, 9.17) is 0 Å². The van der Waals surface area contributed by atoms with Crippen LogP contribution >= 0.6 is 15.9 Å². The lowest BCUT2D eigenvalue weighted by Crippen LogP contribution is -2.32. The normalized spacial score (nSPS) is 27.0. The molecular weight excluding hydrogens is 306 g/mol. The van der Waals surface area contributed by atoms with Crippen LogP contribution in [0.15, 0.2) is 22.7 Å². The molecule has 0 aromatic heterocycles. The van der Waals surface area contributed by atoms with Gasteiger partial charge in [-0.05, 0) is 24.6 Å². The van der Waals surface area contributed by atoms with Crippen molar-refractivity contribution >= 4 is 31.5 Å². The van der Waals surface area contributed by atoms with E-state index in [1.165, 1.54) is 0 Å². The Labute approximate surface area is 109 Å². The molecule has 2 unspecified atom stereocenters. The summed E-state index contributed by atoms with van der Waals surface area (Å²) in [6, 6.07) is 5.31. The number of halogens is 1. The Balaban J connectivity index is 2.19. The van der Waals surface area contributed by atoms with Crippen LogP contribution in [0, 0.1) is 6.92 Å². The highest BCUT2D eigenvalue weighted by atomic mass is 79.9. The topological polar surface area (TPSA) is 66.4 Å². The lowest BCUT2D eigenvalue weighted by Gasteiger charge is -2.18. The zero-order chi connectivity index (χ0) is 12.6. The fraction of sp³-hybridized carbons (Fsp3) is 0.455. The number of sulfone groups is 1. The molecule has 2 atom stereocenters. The second-order valence-electron chi connectivity index (χ2n) is 4.35. The third-order valence-electron chi connectivity index (χ3n) is 2.86. The van der Waals surface area contributed by atoms with E-state index in [2.05, 4.69) is 21.2 Å². The first-order chi connectivity index (χ1) is 7.87. The first-order valence-corrected chi connectivity index (χ1v) is 7.90. The number of hydrogen-bond acceptors (Lipinski definition) is 4. The molecular formula is C11H14BrNO3S. The fourth-order valence-corrected chi connectivity index (χ4v) is 4.02. The van der Waals surface area contributed by atoms with Crippen LogP contribution in [-0.4, -0.2) is 37.2 Å². The minimum Gasteiger partial charge on any atom is -0.390 e. The summed E-state index contributed by atoms with van der Waals surface area (Å²) >= 11 is 3.36. The average molecular weight is 320 g/mol. The van der Waals surface area contributed by atoms with E-state index in [0.717, 1.165) is 15.7 Å². The van der Waals surface area contributed by atoms with E-state index in [9.17, 15) is 13.5 Å². The smallest absolute Gasteiger partial charge is 0.155 e. The molecule has 0 saturated carbocycles. The van der Waals surface area contributed by atoms with Crippen LogP contribution in [0.3, 0.4) is 0 Å². The molecule has 0 spiro atoms. The van der Waals surface area contributed by atoms with Gasteiger partial charge in [0.25, 0.3) is 0 Å². The minimum atomic E-state index is -3.11. The van der Waals surface area contributed by atoms with Gasteiger partial charge in [-0.2, -0.15) is 0 Å². The summed E-state index contributed by atoms with van der Waals surface area (Å²) in [5.74, 6) is -0.169. The van der Waals surface area contributed by atoms with Crippen molar-refractivity contribution in [1.82, 2.24) is 0 Å². The molecule has 1 aromatic carbocycles. The van der Waals surface area contributed by atoms with Gasteiger partial charge in [0.05, 0.1) is 23.7 Å². The second-order valence-corrected chi connectivity index (χ2v) is 7.42. The maximum absolute atomic E-state index is 11.4. The standard InChI is InChI=1S/C11H14BrNO3S/c1-7-2-3-8(12)4-9(7)13-10-5-17(15,16)6-11(10)14/h2-4,10-11,13-14H,5-6H2,1H3. The molecule has 1 heterocycles. The van der Waals surface area contributed by atoms with Crippen molar-refractivity contribution in [1.29, 1.82) is 0 Å². The van der Waals surface area contributed by atoms with Gasteiger partial charge in [0.1, 0.15) is 0 Å². The van der Waals surface area contributed by atoms with Crippen molar-refractivity contribution in [2.24, 2.45) is 0 Å². The van der Waals surface area contributed by atoms with Crippen LogP contribution in [0.25, 0.3) is 0 Å². The zero-order valence-electron chi connectivity index (χ0n) is 9.35. The highest BCUT2D eigenvalue weighted by Gasteiger charge is 2.36. The van der Waals surface area contributed by atoms with Crippen molar-refractivity contribution in [3.8, 4) is 0 Å². The van der Waals surface area contributed by atoms with Gasteiger partial charge in [-0.3, -0.25) is 0 Å². The summed E-state index contributed by atoms with van der Waals surface area (Å²) < 4.78 is 23.7. The van der Waals surface area contributed by atoms with Gasteiger partial charge in [0.2, 0.25) is 0 Å². The first-order valence-electron chi connectivity index (χ1n) is 5.28. The quantitative estimate of drug-likeness (QED) is 0.863. The molecule has 1 aliphatic rings. The lowest BCUT2D eigenvalue weighted by molar-refractivity contribution is 0.190. The largest absolute Gasteiger partial charge is 0.390 e. The predicted molar refractivity (Wildman–Crippen MR) is 71.0 cm³/mol. The molecule has 2 N–H and O–H groups in total. The van der Waals surface area contributed by atoms with E-state index in [0.29, 0.717) is 0 Å². The summed E-state index contributed by atoms with van der Waals surface area (Å²) in [5, 5.41) is 12.8. The Hall–Kier alpha value is -0.590. The summed E-state index contributed by atoms with van der Waals surface area (Å²) in [6.07, 6.45) is -0.835. The number of aryl methyl sites for hydroxylation is 1. The van der Waals surface area contributed by atoms with Crippen molar-refractivity contribution < 1.29 is 13.5 Å². The molecule has 0 bridgehead atoms. The minimum absolute atomic E-state index is 0.0138. The monoisotopic (exact) mass is 319 g/mol. The Morgan fingerprint density at radius 2 is 2.12 bits per heavy atom. The number of nitrogens with one attached hydrogen (secondary N) is 1. The second kappa shape index (κ2) is 4.59. The number of anilines is 1. The van der Waals surface area contributed by atoms with Crippen LogP contribution in [0.5, 0.6) is 0 Å². The van der Waals surface area contributed by atoms with Crippen LogP contribution in [0.2, 0.25) is 0 Å². The molecule has 2 rings (SSSR count). The van der Waals surface area contributed by atoms with Gasteiger partial charge in [-0.15, -0.1) is 0 Å². The number of aliphatic hydroxyl groups excluding tert-OH is 1. The van der Waals surface area contributed by atoms with E-state index in [-0.39, 0.29) is 11.5 Å². The number of benzene rings is 1. The Bertz CT molecular complexity index is 530. The van der Waals surface area contributed by atoms with Crippen molar-refractivity contribution in [2.45, 2.75) is 19.1 Å². The first kappa shape index (κ1) is 12.9. The van der Waals surface area contributed by atoms with Crippen LogP contribution in [-0.2, 0) is 9.84 Å². The van der Waals surface area contributed by atoms with Gasteiger partial charge >= 0.3 is 0 Å². The van der Waals surface area contributed by atoms with Crippen molar-refractivity contribution in [3.05, 3.63) is 28.2 Å². The maximum Gasteiger partial charge on any atom is 0.155 e. The van der Waals surface area contributed by atoms with Crippen LogP contribution < -0.4 is 5.32 Å². The van der Waals surface area contributed by atoms with E-state index < -0.39 is 22.0 Å². The molecule has 1 saturated heterocycles. The molecule has 17 heavy (non-hydrogen) atoms. The predicted octanol–water partition coefficient (Wildman–Crippen LogP) is 1.33. The molecule has 0 amide bonds. The summed E-state index contributed by atoms with van der Waals surface area (Å²) in [7, 11) is -3.11. The molecule has 1 aromatic rings. The lowest BCUT2D eigenvalue weighted by atomic mass is 10.1. The molecule has 94 valence electrons. The van der Waals surface area contributed by atoms with Gasteiger partial charge in [0.15, 0.2) is 9.84 Å². The molecule has 4 nitrogen and oxygen atoms in total. The summed E-state index contributed by atoms with van der Waals surface area (Å²) in [6.45, 7) is 1.94. The molecule has 0 radical (unpaired) electrons. The van der Waals surface area contributed by atoms with Crippen molar-refractivity contribution in [2.75, 3.05) is 16.8 Å². The molecule has 6 heteroatoms. The zero-order valence-corrected chi connectivity index (χ0v) is 11.8.